The number of nitrogens with zero attached hydrogens (tertiary/aromatic N) is 4. The average Bonchev–Trinajstić information content (AvgIpc) is 2.78. The predicted molar refractivity (Wildman–Crippen MR) is 56.3 cm³/mol. The van der Waals surface area contributed by atoms with Gasteiger partial charge in [0.05, 0.1) is 12.4 Å². The summed E-state index contributed by atoms with van der Waals surface area (Å²) in [5, 5.41) is 8.59. The number of carbonyl (C=O) groups is 1. The zero-order chi connectivity index (χ0) is 11.5. The molecule has 1 fully saturated rings. The first-order valence-electron chi connectivity index (χ1n) is 5.00. The Morgan fingerprint density at radius 3 is 2.94 bits per heavy atom. The van der Waals surface area contributed by atoms with Crippen molar-refractivity contribution in [3.8, 4) is 6.07 Å². The number of hydrogen-bond donors (Lipinski definition) is 1. The van der Waals surface area contributed by atoms with Gasteiger partial charge >= 0.3 is 0 Å². The molecule has 0 saturated carbocycles. The van der Waals surface area contributed by atoms with Crippen LogP contribution in [0.15, 0.2) is 12.4 Å². The molecule has 1 saturated heterocycles. The van der Waals surface area contributed by atoms with Crippen LogP contribution >= 0.6 is 0 Å². The molecule has 82 valence electrons. The minimum atomic E-state index is -0.344. The molecule has 1 amide bonds. The number of amides is 1. The maximum absolute atomic E-state index is 11.2. The molecule has 0 bridgehead atoms. The van der Waals surface area contributed by atoms with E-state index in [9.17, 15) is 4.79 Å². The third-order valence-electron chi connectivity index (χ3n) is 2.63. The molecule has 2 heterocycles. The Morgan fingerprint density at radius 1 is 1.56 bits per heavy atom. The van der Waals surface area contributed by atoms with E-state index in [0.29, 0.717) is 5.82 Å². The number of primary amides is 1. The van der Waals surface area contributed by atoms with Gasteiger partial charge in [-0.15, -0.1) is 0 Å². The van der Waals surface area contributed by atoms with Crippen molar-refractivity contribution in [1.82, 2.24) is 9.97 Å². The standard InChI is InChI=1S/C10H11N5O/c11-4-7-5-14-9(6-13-7)15-3-1-2-8(15)10(12)16/h5-6,8H,1-3H2,(H2,12,16). The Bertz CT molecular complexity index is 436. The van der Waals surface area contributed by atoms with E-state index in [1.807, 2.05) is 11.0 Å². The summed E-state index contributed by atoms with van der Waals surface area (Å²) in [5.74, 6) is 0.254. The number of carbonyl (C=O) groups excluding carboxylic acids is 1. The fraction of sp³-hybridized carbons (Fsp3) is 0.400. The van der Waals surface area contributed by atoms with E-state index in [4.69, 9.17) is 11.0 Å². The predicted octanol–water partition coefficient (Wildman–Crippen LogP) is -0.198. The molecule has 1 aliphatic rings. The van der Waals surface area contributed by atoms with Crippen LogP contribution in [0.1, 0.15) is 18.5 Å². The quantitative estimate of drug-likeness (QED) is 0.740. The van der Waals surface area contributed by atoms with E-state index in [2.05, 4.69) is 9.97 Å². The van der Waals surface area contributed by atoms with E-state index in [1.165, 1.54) is 12.4 Å². The minimum absolute atomic E-state index is 0.263. The zero-order valence-corrected chi connectivity index (χ0v) is 8.63. The smallest absolute Gasteiger partial charge is 0.240 e. The van der Waals surface area contributed by atoms with E-state index in [0.717, 1.165) is 19.4 Å². The molecule has 0 aliphatic carbocycles. The van der Waals surface area contributed by atoms with Crippen LogP contribution in [0.25, 0.3) is 0 Å². The van der Waals surface area contributed by atoms with Crippen molar-refractivity contribution < 1.29 is 4.79 Å². The molecule has 1 unspecified atom stereocenters. The highest BCUT2D eigenvalue weighted by atomic mass is 16.1. The van der Waals surface area contributed by atoms with Crippen LogP contribution in [0.5, 0.6) is 0 Å². The van der Waals surface area contributed by atoms with E-state index < -0.39 is 0 Å². The average molecular weight is 217 g/mol. The summed E-state index contributed by atoms with van der Waals surface area (Å²) in [6.45, 7) is 0.744. The van der Waals surface area contributed by atoms with Gasteiger partial charge in [-0.2, -0.15) is 5.26 Å². The second-order valence-corrected chi connectivity index (χ2v) is 3.63. The molecular weight excluding hydrogens is 206 g/mol. The fourth-order valence-electron chi connectivity index (χ4n) is 1.86. The molecule has 0 aromatic carbocycles. The van der Waals surface area contributed by atoms with Crippen LogP contribution in [0, 0.1) is 11.3 Å². The number of nitriles is 1. The lowest BCUT2D eigenvalue weighted by Crippen LogP contribution is -2.40. The van der Waals surface area contributed by atoms with Gasteiger partial charge in [-0.1, -0.05) is 0 Å². The van der Waals surface area contributed by atoms with Gasteiger partial charge in [0.25, 0.3) is 0 Å². The number of aromatic nitrogens is 2. The van der Waals surface area contributed by atoms with E-state index in [1.54, 1.807) is 0 Å². The topological polar surface area (TPSA) is 95.9 Å². The number of anilines is 1. The van der Waals surface area contributed by atoms with Crippen LogP contribution < -0.4 is 10.6 Å². The van der Waals surface area contributed by atoms with Gasteiger partial charge in [0.15, 0.2) is 5.69 Å². The SMILES string of the molecule is N#Cc1cnc(N2CCCC2C(N)=O)cn1. The molecule has 1 atom stereocenters. The molecular formula is C10H11N5O. The first-order chi connectivity index (χ1) is 7.72. The number of nitrogens with two attached hydrogens (primary N) is 1. The molecule has 0 radical (unpaired) electrons. The van der Waals surface area contributed by atoms with Crippen molar-refractivity contribution in [3.63, 3.8) is 0 Å². The first-order valence-corrected chi connectivity index (χ1v) is 5.00. The first kappa shape index (κ1) is 10.4. The summed E-state index contributed by atoms with van der Waals surface area (Å²) in [6.07, 6.45) is 4.55. The number of hydrogen-bond acceptors (Lipinski definition) is 5. The van der Waals surface area contributed by atoms with Crippen LogP contribution in [-0.2, 0) is 4.79 Å². The van der Waals surface area contributed by atoms with Gasteiger partial charge in [0.2, 0.25) is 5.91 Å². The third kappa shape index (κ3) is 1.80. The number of rotatable bonds is 2. The monoisotopic (exact) mass is 217 g/mol. The summed E-state index contributed by atoms with van der Waals surface area (Å²) in [4.78, 5) is 21.0. The Balaban J connectivity index is 2.23. The van der Waals surface area contributed by atoms with Crippen molar-refractivity contribution >= 4 is 11.7 Å². The molecule has 0 spiro atoms. The third-order valence-corrected chi connectivity index (χ3v) is 2.63. The molecule has 2 rings (SSSR count). The van der Waals surface area contributed by atoms with Crippen LogP contribution in [0.3, 0.4) is 0 Å². The Kier molecular flexibility index (Phi) is 2.68. The highest BCUT2D eigenvalue weighted by Crippen LogP contribution is 2.22. The molecule has 1 aliphatic heterocycles. The Morgan fingerprint density at radius 2 is 2.38 bits per heavy atom. The second-order valence-electron chi connectivity index (χ2n) is 3.63. The van der Waals surface area contributed by atoms with Gasteiger partial charge in [-0.25, -0.2) is 9.97 Å². The highest BCUT2D eigenvalue weighted by molar-refractivity contribution is 5.83. The highest BCUT2D eigenvalue weighted by Gasteiger charge is 2.29. The van der Waals surface area contributed by atoms with Gasteiger partial charge in [0.1, 0.15) is 17.9 Å². The lowest BCUT2D eigenvalue weighted by molar-refractivity contribution is -0.119. The maximum atomic E-state index is 11.2. The molecule has 1 aromatic rings. The summed E-state index contributed by atoms with van der Waals surface area (Å²) in [5.41, 5.74) is 5.56. The Labute approximate surface area is 92.7 Å². The molecule has 16 heavy (non-hydrogen) atoms. The lowest BCUT2D eigenvalue weighted by atomic mass is 10.2. The van der Waals surface area contributed by atoms with Gasteiger partial charge in [0, 0.05) is 6.54 Å². The van der Waals surface area contributed by atoms with Crippen LogP contribution in [0.4, 0.5) is 5.82 Å². The summed E-state index contributed by atoms with van der Waals surface area (Å²) < 4.78 is 0. The lowest BCUT2D eigenvalue weighted by Gasteiger charge is -2.22. The van der Waals surface area contributed by atoms with Crippen molar-refractivity contribution in [1.29, 1.82) is 5.26 Å². The molecule has 6 heteroatoms. The van der Waals surface area contributed by atoms with Gasteiger partial charge in [-0.05, 0) is 12.8 Å². The maximum Gasteiger partial charge on any atom is 0.240 e. The van der Waals surface area contributed by atoms with E-state index >= 15 is 0 Å². The zero-order valence-electron chi connectivity index (χ0n) is 8.63. The summed E-state index contributed by atoms with van der Waals surface area (Å²) in [7, 11) is 0. The van der Waals surface area contributed by atoms with Crippen LogP contribution in [0.2, 0.25) is 0 Å². The molecule has 2 N–H and O–H groups in total. The Hall–Kier alpha value is -2.16. The fourth-order valence-corrected chi connectivity index (χ4v) is 1.86. The summed E-state index contributed by atoms with van der Waals surface area (Å²) in [6, 6.07) is 1.59. The van der Waals surface area contributed by atoms with Crippen molar-refractivity contribution in [2.24, 2.45) is 5.73 Å². The van der Waals surface area contributed by atoms with Crippen molar-refractivity contribution in [2.75, 3.05) is 11.4 Å². The minimum Gasteiger partial charge on any atom is -0.368 e. The van der Waals surface area contributed by atoms with Crippen molar-refractivity contribution in [3.05, 3.63) is 18.1 Å². The largest absolute Gasteiger partial charge is 0.368 e. The normalized spacial score (nSPS) is 19.4. The molecule has 6 nitrogen and oxygen atoms in total. The van der Waals surface area contributed by atoms with Gasteiger partial charge < -0.3 is 10.6 Å². The van der Waals surface area contributed by atoms with Gasteiger partial charge in [-0.3, -0.25) is 4.79 Å². The molecule has 1 aromatic heterocycles. The second kappa shape index (κ2) is 4.14. The summed E-state index contributed by atoms with van der Waals surface area (Å²) >= 11 is 0. The van der Waals surface area contributed by atoms with E-state index in [-0.39, 0.29) is 17.6 Å². The van der Waals surface area contributed by atoms with Crippen molar-refractivity contribution in [2.45, 2.75) is 18.9 Å². The van der Waals surface area contributed by atoms with Crippen LogP contribution in [-0.4, -0.2) is 28.5 Å².